The Balaban J connectivity index is 1.75. The molecule has 1 aromatic heterocycles. The van der Waals surface area contributed by atoms with Gasteiger partial charge in [-0.25, -0.2) is 4.68 Å². The van der Waals surface area contributed by atoms with Crippen LogP contribution >= 0.6 is 0 Å². The van der Waals surface area contributed by atoms with Gasteiger partial charge in [0.25, 0.3) is 5.56 Å². The topological polar surface area (TPSA) is 66.9 Å². The van der Waals surface area contributed by atoms with Crippen molar-refractivity contribution >= 4 is 11.6 Å². The van der Waals surface area contributed by atoms with Crippen LogP contribution in [0.25, 0.3) is 5.69 Å². The zero-order valence-corrected chi connectivity index (χ0v) is 20.9. The quantitative estimate of drug-likeness (QED) is 0.500. The van der Waals surface area contributed by atoms with Crippen LogP contribution in [0.4, 0.5) is 5.82 Å². The molecular weight excluding hydrogens is 422 g/mol. The maximum absolute atomic E-state index is 13.8. The lowest BCUT2D eigenvalue weighted by Crippen LogP contribution is -2.35. The number of fused-ring (bicyclic) bond motifs is 1. The highest BCUT2D eigenvalue weighted by Gasteiger charge is 2.43. The van der Waals surface area contributed by atoms with Crippen molar-refractivity contribution in [3.8, 4) is 5.69 Å². The van der Waals surface area contributed by atoms with Gasteiger partial charge in [0, 0.05) is 23.6 Å². The van der Waals surface area contributed by atoms with Crippen molar-refractivity contribution in [1.29, 1.82) is 0 Å². The van der Waals surface area contributed by atoms with E-state index in [1.807, 2.05) is 30.3 Å². The van der Waals surface area contributed by atoms with Gasteiger partial charge in [0.05, 0.1) is 11.3 Å². The summed E-state index contributed by atoms with van der Waals surface area (Å²) in [6.45, 7) is 12.9. The normalized spacial score (nSPS) is 19.5. The Hall–Kier alpha value is -3.34. The van der Waals surface area contributed by atoms with E-state index in [1.165, 1.54) is 5.56 Å². The summed E-state index contributed by atoms with van der Waals surface area (Å²) in [5.41, 5.74) is 6.19. The van der Waals surface area contributed by atoms with Crippen molar-refractivity contribution in [2.24, 2.45) is 5.41 Å². The number of aryl methyl sites for hydroxylation is 1. The lowest BCUT2D eigenvalue weighted by molar-refractivity contribution is -0.118. The fraction of sp³-hybridized carbons (Fsp3) is 0.379. The van der Waals surface area contributed by atoms with Crippen molar-refractivity contribution in [2.75, 3.05) is 5.32 Å². The molecule has 0 radical (unpaired) electrons. The number of rotatable bonds is 2. The summed E-state index contributed by atoms with van der Waals surface area (Å²) in [6.07, 6.45) is 1.25. The molecule has 0 saturated heterocycles. The number of carbonyl (C=O) groups is 1. The molecule has 2 heterocycles. The minimum absolute atomic E-state index is 0.0196. The minimum Gasteiger partial charge on any atom is -0.343 e. The average Bonchev–Trinajstić information content (AvgIpc) is 3.07. The highest BCUT2D eigenvalue weighted by atomic mass is 16.1. The van der Waals surface area contributed by atoms with Crippen molar-refractivity contribution in [1.82, 2.24) is 9.78 Å². The van der Waals surface area contributed by atoms with E-state index in [-0.39, 0.29) is 22.2 Å². The van der Waals surface area contributed by atoms with Gasteiger partial charge >= 0.3 is 0 Å². The summed E-state index contributed by atoms with van der Waals surface area (Å²) in [4.78, 5) is 27.3. The number of carbonyl (C=O) groups excluding carboxylic acids is 1. The molecule has 0 bridgehead atoms. The molecule has 34 heavy (non-hydrogen) atoms. The number of anilines is 1. The molecule has 0 saturated carbocycles. The third-order valence-electron chi connectivity index (χ3n) is 7.16. The van der Waals surface area contributed by atoms with Crippen LogP contribution in [0.1, 0.15) is 75.6 Å². The van der Waals surface area contributed by atoms with Gasteiger partial charge in [-0.1, -0.05) is 71.0 Å². The lowest BCUT2D eigenvalue weighted by Gasteiger charge is -2.38. The summed E-state index contributed by atoms with van der Waals surface area (Å²) in [5, 5.41) is 6.75. The van der Waals surface area contributed by atoms with Gasteiger partial charge in [0.1, 0.15) is 5.82 Å². The first-order chi connectivity index (χ1) is 16.0. The minimum atomic E-state index is -0.391. The highest BCUT2D eigenvalue weighted by Crippen LogP contribution is 2.48. The van der Waals surface area contributed by atoms with Crippen molar-refractivity contribution in [3.63, 3.8) is 0 Å². The summed E-state index contributed by atoms with van der Waals surface area (Å²) in [7, 11) is 0. The molecule has 2 aliphatic rings. The van der Waals surface area contributed by atoms with Crippen LogP contribution in [0.15, 0.2) is 64.6 Å². The van der Waals surface area contributed by atoms with E-state index in [4.69, 9.17) is 0 Å². The fourth-order valence-electron chi connectivity index (χ4n) is 5.43. The third kappa shape index (κ3) is 3.64. The number of nitrogens with one attached hydrogen (secondary N) is 2. The summed E-state index contributed by atoms with van der Waals surface area (Å²) >= 11 is 0. The van der Waals surface area contributed by atoms with E-state index in [9.17, 15) is 9.59 Å². The van der Waals surface area contributed by atoms with E-state index in [1.54, 1.807) is 4.68 Å². The first-order valence-corrected chi connectivity index (χ1v) is 12.0. The van der Waals surface area contributed by atoms with Gasteiger partial charge in [-0.2, -0.15) is 0 Å². The van der Waals surface area contributed by atoms with Crippen LogP contribution < -0.4 is 10.9 Å². The summed E-state index contributed by atoms with van der Waals surface area (Å²) in [5.74, 6) is 0.417. The van der Waals surface area contributed by atoms with Gasteiger partial charge in [0.15, 0.2) is 5.78 Å². The average molecular weight is 456 g/mol. The van der Waals surface area contributed by atoms with E-state index in [0.29, 0.717) is 17.8 Å². The predicted octanol–water partition coefficient (Wildman–Crippen LogP) is 5.97. The van der Waals surface area contributed by atoms with Gasteiger partial charge in [-0.05, 0) is 53.0 Å². The number of para-hydroxylation sites is 1. The molecule has 1 aliphatic heterocycles. The smallest absolute Gasteiger partial charge is 0.277 e. The van der Waals surface area contributed by atoms with E-state index in [0.717, 1.165) is 34.5 Å². The number of aromatic nitrogens is 2. The Morgan fingerprint density at radius 2 is 1.71 bits per heavy atom. The Bertz CT molecular complexity index is 1380. The van der Waals surface area contributed by atoms with Gasteiger partial charge in [0.2, 0.25) is 0 Å². The first kappa shape index (κ1) is 22.5. The van der Waals surface area contributed by atoms with Crippen LogP contribution in [-0.4, -0.2) is 15.6 Å². The molecule has 0 fully saturated rings. The first-order valence-electron chi connectivity index (χ1n) is 12.0. The van der Waals surface area contributed by atoms with Crippen LogP contribution in [-0.2, 0) is 10.2 Å². The van der Waals surface area contributed by atoms with Gasteiger partial charge in [-0.3, -0.25) is 14.7 Å². The Labute approximate surface area is 200 Å². The monoisotopic (exact) mass is 455 g/mol. The Morgan fingerprint density at radius 1 is 1.00 bits per heavy atom. The second-order valence-electron chi connectivity index (χ2n) is 11.6. The molecule has 5 rings (SSSR count). The second kappa shape index (κ2) is 7.59. The predicted molar refractivity (Wildman–Crippen MR) is 137 cm³/mol. The zero-order valence-electron chi connectivity index (χ0n) is 20.9. The molecule has 1 aliphatic carbocycles. The number of Topliss-reactive ketones (excluding diaryl/α,β-unsaturated/α-hetero) is 1. The maximum atomic E-state index is 13.8. The number of allylic oxidation sites excluding steroid dienone is 2. The zero-order chi connectivity index (χ0) is 24.4. The van der Waals surface area contributed by atoms with Crippen LogP contribution in [0.5, 0.6) is 0 Å². The fourth-order valence-corrected chi connectivity index (χ4v) is 5.43. The maximum Gasteiger partial charge on any atom is 0.277 e. The summed E-state index contributed by atoms with van der Waals surface area (Å²) in [6, 6.07) is 16.0. The van der Waals surface area contributed by atoms with Gasteiger partial charge in [-0.15, -0.1) is 0 Å². The number of ketones is 1. The number of benzene rings is 2. The molecule has 1 unspecified atom stereocenters. The highest BCUT2D eigenvalue weighted by molar-refractivity contribution is 6.01. The molecule has 5 heteroatoms. The number of hydrogen-bond acceptors (Lipinski definition) is 3. The molecule has 2 aromatic carbocycles. The molecule has 0 amide bonds. The molecule has 0 spiro atoms. The molecule has 1 atom stereocenters. The standard InChI is InChI=1S/C29H33N3O2/c1-17-14-18(28(2,3)4)12-13-20(17)23-24-21(15-29(5,6)16-22(24)33)30-26-25(23)27(34)32(31-26)19-10-8-7-9-11-19/h7-14,23,30-31H,15-16H2,1-6H3. The van der Waals surface area contributed by atoms with E-state index >= 15 is 0 Å². The Morgan fingerprint density at radius 3 is 2.35 bits per heavy atom. The van der Waals surface area contributed by atoms with Crippen molar-refractivity contribution in [2.45, 2.75) is 65.7 Å². The van der Waals surface area contributed by atoms with Crippen LogP contribution in [0.2, 0.25) is 0 Å². The lowest BCUT2D eigenvalue weighted by atomic mass is 9.68. The molecule has 3 aromatic rings. The van der Waals surface area contributed by atoms with Crippen LogP contribution in [0.3, 0.4) is 0 Å². The third-order valence-corrected chi connectivity index (χ3v) is 7.16. The number of H-pyrrole nitrogens is 1. The molecule has 176 valence electrons. The molecular formula is C29H33N3O2. The second-order valence-corrected chi connectivity index (χ2v) is 11.6. The van der Waals surface area contributed by atoms with Crippen molar-refractivity contribution < 1.29 is 4.79 Å². The van der Waals surface area contributed by atoms with Crippen LogP contribution in [0, 0.1) is 12.3 Å². The molecule has 5 nitrogen and oxygen atoms in total. The van der Waals surface area contributed by atoms with Crippen molar-refractivity contribution in [3.05, 3.63) is 92.4 Å². The van der Waals surface area contributed by atoms with E-state index in [2.05, 4.69) is 70.2 Å². The summed E-state index contributed by atoms with van der Waals surface area (Å²) < 4.78 is 1.58. The molecule has 2 N–H and O–H groups in total. The number of hydrogen-bond donors (Lipinski definition) is 2. The largest absolute Gasteiger partial charge is 0.343 e. The van der Waals surface area contributed by atoms with Gasteiger partial charge < -0.3 is 5.32 Å². The Kier molecular flexibility index (Phi) is 5.01. The SMILES string of the molecule is Cc1cc(C(C)(C)C)ccc1C1C2=C(CC(C)(C)CC2=O)Nc2[nH]n(-c3ccccc3)c(=O)c21. The van der Waals surface area contributed by atoms with E-state index < -0.39 is 5.92 Å². The number of aromatic amines is 1. The number of nitrogens with zero attached hydrogens (tertiary/aromatic N) is 1.